The Morgan fingerprint density at radius 1 is 0.872 bits per heavy atom. The number of carbonyl (C=O) groups is 1. The van der Waals surface area contributed by atoms with Crippen LogP contribution >= 0.6 is 35.4 Å². The largest absolute Gasteiger partial charge is 0.494 e. The van der Waals surface area contributed by atoms with E-state index >= 15 is 0 Å². The molecule has 6 nitrogen and oxygen atoms in total. The smallest absolute Gasteiger partial charge is 0.261 e. The van der Waals surface area contributed by atoms with Crippen molar-refractivity contribution in [2.24, 2.45) is 0 Å². The van der Waals surface area contributed by atoms with E-state index in [9.17, 15) is 26.7 Å². The number of carbonyl (C=O) groups excluding carboxylic acids is 1. The van der Waals surface area contributed by atoms with Gasteiger partial charge < -0.3 is 19.9 Å². The van der Waals surface area contributed by atoms with Gasteiger partial charge in [0.15, 0.2) is 28.4 Å². The molecule has 4 rings (SSSR count). The monoisotopic (exact) mass is 604 g/mol. The summed E-state index contributed by atoms with van der Waals surface area (Å²) in [6.45, 7) is 0.604. The lowest BCUT2D eigenvalue weighted by Crippen LogP contribution is -2.47. The zero-order chi connectivity index (χ0) is 28.4. The minimum atomic E-state index is -2.19. The molecule has 14 heteroatoms. The SMILES string of the molecule is COc1c(Cl)cc(Cl)cc1C(=O)NC(=S)Nc1ccc(N2CCN(c3c(F)c(F)c(F)c(F)c3F)CC2)cc1. The van der Waals surface area contributed by atoms with Crippen LogP contribution in [0.4, 0.5) is 39.0 Å². The molecule has 2 N–H and O–H groups in total. The van der Waals surface area contributed by atoms with Crippen LogP contribution in [0.5, 0.6) is 5.75 Å². The molecule has 3 aromatic carbocycles. The first-order chi connectivity index (χ1) is 18.5. The Bertz CT molecular complexity index is 1410. The Hall–Kier alpha value is -3.35. The van der Waals surface area contributed by atoms with E-state index in [2.05, 4.69) is 10.6 Å². The first-order valence-electron chi connectivity index (χ1n) is 11.3. The van der Waals surface area contributed by atoms with Crippen molar-refractivity contribution in [2.75, 3.05) is 48.4 Å². The Morgan fingerprint density at radius 3 is 1.97 bits per heavy atom. The van der Waals surface area contributed by atoms with Gasteiger partial charge in [-0.05, 0) is 48.6 Å². The van der Waals surface area contributed by atoms with Crippen molar-refractivity contribution >= 4 is 63.5 Å². The summed E-state index contributed by atoms with van der Waals surface area (Å²) >= 11 is 17.3. The van der Waals surface area contributed by atoms with E-state index in [-0.39, 0.29) is 52.6 Å². The van der Waals surface area contributed by atoms with E-state index in [1.165, 1.54) is 19.2 Å². The summed E-state index contributed by atoms with van der Waals surface area (Å²) in [6, 6.07) is 9.73. The van der Waals surface area contributed by atoms with E-state index in [0.29, 0.717) is 5.69 Å². The molecule has 0 aromatic heterocycles. The van der Waals surface area contributed by atoms with Gasteiger partial charge in [0.05, 0.1) is 17.7 Å². The molecule has 0 aliphatic carbocycles. The lowest BCUT2D eigenvalue weighted by Gasteiger charge is -2.37. The zero-order valence-electron chi connectivity index (χ0n) is 20.1. The summed E-state index contributed by atoms with van der Waals surface area (Å²) in [4.78, 5) is 15.7. The van der Waals surface area contributed by atoms with Crippen LogP contribution in [0.3, 0.4) is 0 Å². The fourth-order valence-corrected chi connectivity index (χ4v) is 4.87. The molecule has 0 unspecified atom stereocenters. The Morgan fingerprint density at radius 2 is 1.41 bits per heavy atom. The van der Waals surface area contributed by atoms with Crippen molar-refractivity contribution in [3.8, 4) is 5.75 Å². The predicted octanol–water partition coefficient (Wildman–Crippen LogP) is 6.15. The van der Waals surface area contributed by atoms with Crippen molar-refractivity contribution in [1.82, 2.24) is 5.32 Å². The van der Waals surface area contributed by atoms with Gasteiger partial charge in [-0.3, -0.25) is 10.1 Å². The number of anilines is 3. The summed E-state index contributed by atoms with van der Waals surface area (Å²) < 4.78 is 74.1. The summed E-state index contributed by atoms with van der Waals surface area (Å²) in [6.07, 6.45) is 0. The highest BCUT2D eigenvalue weighted by molar-refractivity contribution is 7.80. The quantitative estimate of drug-likeness (QED) is 0.158. The van der Waals surface area contributed by atoms with Crippen LogP contribution in [0, 0.1) is 29.1 Å². The molecule has 1 saturated heterocycles. The summed E-state index contributed by atoms with van der Waals surface area (Å²) in [7, 11) is 1.36. The lowest BCUT2D eigenvalue weighted by molar-refractivity contribution is 0.0974. The van der Waals surface area contributed by atoms with Crippen molar-refractivity contribution in [2.45, 2.75) is 0 Å². The number of ether oxygens (including phenoxy) is 1. The second-order valence-corrected chi connectivity index (χ2v) is 9.57. The normalized spacial score (nSPS) is 13.3. The minimum absolute atomic E-state index is 0.00216. The molecule has 206 valence electrons. The number of halogens is 7. The van der Waals surface area contributed by atoms with Crippen LogP contribution in [-0.4, -0.2) is 44.3 Å². The standard InChI is InChI=1S/C25H19Cl2F5N4O2S/c1-38-23-15(10-12(26)11-16(23)27)24(37)34-25(39)33-13-2-4-14(5-3-13)35-6-8-36(9-7-35)22-20(31)18(29)17(28)19(30)21(22)32/h2-5,10-11H,6-9H2,1H3,(H2,33,34,37,39). The van der Waals surface area contributed by atoms with Gasteiger partial charge in [0.2, 0.25) is 5.82 Å². The molecule has 0 saturated carbocycles. The molecule has 39 heavy (non-hydrogen) atoms. The molecule has 3 aromatic rings. The maximum absolute atomic E-state index is 14.2. The van der Waals surface area contributed by atoms with Gasteiger partial charge in [-0.15, -0.1) is 0 Å². The third-order valence-corrected chi connectivity index (χ3v) is 6.66. The molecule has 1 heterocycles. The van der Waals surface area contributed by atoms with Crippen LogP contribution in [0.15, 0.2) is 36.4 Å². The number of nitrogens with zero attached hydrogens (tertiary/aromatic N) is 2. The molecule has 0 radical (unpaired) electrons. The zero-order valence-corrected chi connectivity index (χ0v) is 22.4. The molecule has 1 aliphatic heterocycles. The number of thiocarbonyl (C=S) groups is 1. The number of rotatable bonds is 5. The molecule has 1 fully saturated rings. The van der Waals surface area contributed by atoms with Crippen LogP contribution in [0.25, 0.3) is 0 Å². The van der Waals surface area contributed by atoms with Gasteiger partial charge in [0.1, 0.15) is 11.4 Å². The van der Waals surface area contributed by atoms with Crippen molar-refractivity contribution in [3.05, 3.63) is 81.1 Å². The lowest BCUT2D eigenvalue weighted by atomic mass is 10.2. The number of methoxy groups -OCH3 is 1. The molecule has 1 amide bonds. The molecule has 1 aliphatic rings. The second-order valence-electron chi connectivity index (χ2n) is 8.32. The second kappa shape index (κ2) is 11.8. The maximum atomic E-state index is 14.2. The average Bonchev–Trinajstić information content (AvgIpc) is 2.91. The van der Waals surface area contributed by atoms with Gasteiger partial charge in [-0.2, -0.15) is 0 Å². The summed E-state index contributed by atoms with van der Waals surface area (Å²) in [5.41, 5.74) is 0.476. The fourth-order valence-electron chi connectivity index (χ4n) is 4.08. The van der Waals surface area contributed by atoms with Crippen molar-refractivity contribution < 1.29 is 31.5 Å². The molecule has 0 bridgehead atoms. The van der Waals surface area contributed by atoms with Crippen molar-refractivity contribution in [3.63, 3.8) is 0 Å². The Labute approximate surface area is 235 Å². The predicted molar refractivity (Wildman–Crippen MR) is 144 cm³/mol. The van der Waals surface area contributed by atoms with E-state index in [1.807, 2.05) is 4.90 Å². The Kier molecular flexibility index (Phi) is 8.67. The highest BCUT2D eigenvalue weighted by Gasteiger charge is 2.30. The average molecular weight is 605 g/mol. The molecular formula is C25H19Cl2F5N4O2S. The third-order valence-electron chi connectivity index (χ3n) is 5.96. The topological polar surface area (TPSA) is 56.8 Å². The first kappa shape index (κ1) is 28.7. The highest BCUT2D eigenvalue weighted by Crippen LogP contribution is 2.33. The summed E-state index contributed by atoms with van der Waals surface area (Å²) in [5, 5.41) is 5.81. The van der Waals surface area contributed by atoms with Gasteiger partial charge in [0, 0.05) is 42.6 Å². The molecule has 0 atom stereocenters. The van der Waals surface area contributed by atoms with Crippen LogP contribution in [-0.2, 0) is 0 Å². The van der Waals surface area contributed by atoms with Gasteiger partial charge in [-0.1, -0.05) is 23.2 Å². The van der Waals surface area contributed by atoms with E-state index in [1.54, 1.807) is 24.3 Å². The first-order valence-corrected chi connectivity index (χ1v) is 12.4. The van der Waals surface area contributed by atoms with Crippen LogP contribution in [0.1, 0.15) is 10.4 Å². The fraction of sp³-hybridized carbons (Fsp3) is 0.200. The van der Waals surface area contributed by atoms with Gasteiger partial charge >= 0.3 is 0 Å². The van der Waals surface area contributed by atoms with E-state index in [0.717, 1.165) is 10.6 Å². The Balaban J connectivity index is 1.37. The number of piperazine rings is 1. The number of hydrogen-bond donors (Lipinski definition) is 2. The summed E-state index contributed by atoms with van der Waals surface area (Å²) in [5.74, 6) is -10.3. The number of nitrogens with one attached hydrogen (secondary N) is 2. The third kappa shape index (κ3) is 5.97. The van der Waals surface area contributed by atoms with E-state index in [4.69, 9.17) is 40.2 Å². The van der Waals surface area contributed by atoms with Gasteiger partial charge in [-0.25, -0.2) is 22.0 Å². The molecular weight excluding hydrogens is 586 g/mol. The minimum Gasteiger partial charge on any atom is -0.494 e. The van der Waals surface area contributed by atoms with E-state index < -0.39 is 40.7 Å². The number of benzene rings is 3. The van der Waals surface area contributed by atoms with Crippen LogP contribution < -0.4 is 25.2 Å². The number of amides is 1. The highest BCUT2D eigenvalue weighted by atomic mass is 35.5. The van der Waals surface area contributed by atoms with Crippen molar-refractivity contribution in [1.29, 1.82) is 0 Å². The maximum Gasteiger partial charge on any atom is 0.261 e. The number of hydrogen-bond acceptors (Lipinski definition) is 5. The van der Waals surface area contributed by atoms with Crippen LogP contribution in [0.2, 0.25) is 10.0 Å². The molecule has 0 spiro atoms. The van der Waals surface area contributed by atoms with Gasteiger partial charge in [0.25, 0.3) is 5.91 Å².